The number of carbonyl (C=O) groups is 1. The highest BCUT2D eigenvalue weighted by Crippen LogP contribution is 2.09. The quantitative estimate of drug-likeness (QED) is 0.554. The van der Waals surface area contributed by atoms with Crippen LogP contribution in [-0.2, 0) is 0 Å². The summed E-state index contributed by atoms with van der Waals surface area (Å²) in [6, 6.07) is 5.42. The van der Waals surface area contributed by atoms with Crippen molar-refractivity contribution < 1.29 is 20.1 Å². The smallest absolute Gasteiger partial charge is 0.402 e. The summed E-state index contributed by atoms with van der Waals surface area (Å²) in [6.07, 6.45) is 0.313. The number of hydrogen-bond acceptors (Lipinski definition) is 4. The van der Waals surface area contributed by atoms with Crippen molar-refractivity contribution in [3.8, 4) is 0 Å². The van der Waals surface area contributed by atoms with Crippen LogP contribution in [0, 0.1) is 0 Å². The molecule has 0 aliphatic carbocycles. The van der Waals surface area contributed by atoms with E-state index in [0.717, 1.165) is 5.69 Å². The van der Waals surface area contributed by atoms with E-state index in [4.69, 9.17) is 20.1 Å². The molecule has 6 heteroatoms. The maximum Gasteiger partial charge on any atom is 0.402 e. The van der Waals surface area contributed by atoms with Gasteiger partial charge in [-0.25, -0.2) is 4.79 Å². The first-order chi connectivity index (χ1) is 7.11. The molecule has 0 aliphatic rings. The molecule has 0 bridgehead atoms. The fraction of sp³-hybridized carbons (Fsp3) is 0.333. The standard InChI is InChI=1S/C8H11NO2.CH3NO2/c10-5-7(6-11)8-3-1-2-4-9-8;2-1(3)4/h1-4,7,10-11H,5-6H2;2H2,(H,3,4). The number of pyridine rings is 1. The first-order valence-electron chi connectivity index (χ1n) is 4.22. The molecule has 0 atom stereocenters. The van der Waals surface area contributed by atoms with Crippen molar-refractivity contribution in [2.75, 3.05) is 13.2 Å². The van der Waals surface area contributed by atoms with Crippen molar-refractivity contribution in [3.63, 3.8) is 0 Å². The molecule has 1 aromatic heterocycles. The van der Waals surface area contributed by atoms with Gasteiger partial charge in [-0.15, -0.1) is 0 Å². The van der Waals surface area contributed by atoms with Crippen LogP contribution in [0.25, 0.3) is 0 Å². The summed E-state index contributed by atoms with van der Waals surface area (Å²) in [5.41, 5.74) is 4.76. The lowest BCUT2D eigenvalue weighted by atomic mass is 10.1. The minimum atomic E-state index is -1.33. The summed E-state index contributed by atoms with van der Waals surface area (Å²) in [5, 5.41) is 24.8. The average molecular weight is 214 g/mol. The fourth-order valence-electron chi connectivity index (χ4n) is 0.862. The van der Waals surface area contributed by atoms with Crippen LogP contribution in [-0.4, -0.2) is 39.6 Å². The van der Waals surface area contributed by atoms with E-state index in [1.165, 1.54) is 0 Å². The predicted molar refractivity (Wildman–Crippen MR) is 53.4 cm³/mol. The van der Waals surface area contributed by atoms with Crippen molar-refractivity contribution in [1.29, 1.82) is 0 Å². The Morgan fingerprint density at radius 2 is 1.93 bits per heavy atom. The van der Waals surface area contributed by atoms with Gasteiger partial charge >= 0.3 is 6.09 Å². The first-order valence-corrected chi connectivity index (χ1v) is 4.22. The van der Waals surface area contributed by atoms with E-state index in [-0.39, 0.29) is 19.1 Å². The van der Waals surface area contributed by atoms with E-state index in [2.05, 4.69) is 10.7 Å². The number of carboxylic acid groups (broad SMARTS) is 1. The highest BCUT2D eigenvalue weighted by Gasteiger charge is 2.08. The first kappa shape index (κ1) is 13.3. The number of primary amides is 1. The Morgan fingerprint density at radius 1 is 1.40 bits per heavy atom. The van der Waals surface area contributed by atoms with E-state index >= 15 is 0 Å². The minimum Gasteiger partial charge on any atom is -0.465 e. The Bertz CT molecular complexity index is 271. The zero-order chi connectivity index (χ0) is 11.7. The zero-order valence-electron chi connectivity index (χ0n) is 8.08. The van der Waals surface area contributed by atoms with Gasteiger partial charge in [0, 0.05) is 17.8 Å². The highest BCUT2D eigenvalue weighted by atomic mass is 16.4. The lowest BCUT2D eigenvalue weighted by Crippen LogP contribution is -2.09. The molecule has 0 saturated carbocycles. The van der Waals surface area contributed by atoms with Crippen molar-refractivity contribution in [2.45, 2.75) is 5.92 Å². The molecule has 0 saturated heterocycles. The number of aliphatic hydroxyl groups excluding tert-OH is 2. The molecule has 0 spiro atoms. The van der Waals surface area contributed by atoms with Gasteiger partial charge < -0.3 is 21.1 Å². The molecule has 1 aromatic rings. The molecule has 0 radical (unpaired) electrons. The predicted octanol–water partition coefficient (Wildman–Crippen LogP) is -0.227. The number of nitrogens with two attached hydrogens (primary N) is 1. The Hall–Kier alpha value is -1.66. The number of rotatable bonds is 3. The van der Waals surface area contributed by atoms with Gasteiger partial charge in [-0.1, -0.05) is 6.07 Å². The van der Waals surface area contributed by atoms with E-state index in [1.54, 1.807) is 18.3 Å². The maximum atomic E-state index is 8.78. The van der Waals surface area contributed by atoms with Crippen LogP contribution in [0.1, 0.15) is 11.6 Å². The Labute approximate surface area is 87.0 Å². The second-order valence-electron chi connectivity index (χ2n) is 2.65. The highest BCUT2D eigenvalue weighted by molar-refractivity contribution is 5.61. The molecule has 5 N–H and O–H groups in total. The third kappa shape index (κ3) is 6.42. The molecule has 0 fully saturated rings. The molecule has 84 valence electrons. The number of aliphatic hydroxyl groups is 2. The Morgan fingerprint density at radius 3 is 2.27 bits per heavy atom. The van der Waals surface area contributed by atoms with Crippen LogP contribution >= 0.6 is 0 Å². The Kier molecular flexibility index (Phi) is 6.86. The van der Waals surface area contributed by atoms with Gasteiger partial charge in [-0.2, -0.15) is 0 Å². The van der Waals surface area contributed by atoms with Crippen LogP contribution < -0.4 is 5.73 Å². The molecule has 1 amide bonds. The van der Waals surface area contributed by atoms with E-state index < -0.39 is 6.09 Å². The van der Waals surface area contributed by atoms with Crippen LogP contribution in [0.5, 0.6) is 0 Å². The SMILES string of the molecule is NC(=O)O.OCC(CO)c1ccccn1. The van der Waals surface area contributed by atoms with Gasteiger partial charge in [-0.05, 0) is 12.1 Å². The third-order valence-corrected chi connectivity index (χ3v) is 1.55. The Balaban J connectivity index is 0.000000423. The normalized spacial score (nSPS) is 9.27. The van der Waals surface area contributed by atoms with Crippen LogP contribution in [0.15, 0.2) is 24.4 Å². The van der Waals surface area contributed by atoms with Gasteiger partial charge in [0.15, 0.2) is 0 Å². The molecular weight excluding hydrogens is 200 g/mol. The minimum absolute atomic E-state index is 0.0620. The summed E-state index contributed by atoms with van der Waals surface area (Å²) in [4.78, 5) is 12.8. The van der Waals surface area contributed by atoms with Crippen molar-refractivity contribution >= 4 is 6.09 Å². The fourth-order valence-corrected chi connectivity index (χ4v) is 0.862. The summed E-state index contributed by atoms with van der Waals surface area (Å²) in [5.74, 6) is -0.240. The molecule has 0 unspecified atom stereocenters. The summed E-state index contributed by atoms with van der Waals surface area (Å²) < 4.78 is 0. The maximum absolute atomic E-state index is 8.78. The number of hydrogen-bond donors (Lipinski definition) is 4. The average Bonchev–Trinajstić information content (AvgIpc) is 2.20. The van der Waals surface area contributed by atoms with Gasteiger partial charge in [-0.3, -0.25) is 4.98 Å². The second kappa shape index (κ2) is 7.72. The summed E-state index contributed by atoms with van der Waals surface area (Å²) in [6.45, 7) is -0.124. The largest absolute Gasteiger partial charge is 0.465 e. The van der Waals surface area contributed by atoms with Crippen LogP contribution in [0.4, 0.5) is 4.79 Å². The van der Waals surface area contributed by atoms with Crippen LogP contribution in [0.2, 0.25) is 0 Å². The molecule has 15 heavy (non-hydrogen) atoms. The van der Waals surface area contributed by atoms with Gasteiger partial charge in [0.1, 0.15) is 0 Å². The molecule has 0 aliphatic heterocycles. The van der Waals surface area contributed by atoms with E-state index in [1.807, 2.05) is 6.07 Å². The van der Waals surface area contributed by atoms with Crippen molar-refractivity contribution in [2.24, 2.45) is 5.73 Å². The number of amides is 1. The lowest BCUT2D eigenvalue weighted by molar-refractivity contribution is 0.190. The molecule has 0 aromatic carbocycles. The lowest BCUT2D eigenvalue weighted by Gasteiger charge is -2.08. The van der Waals surface area contributed by atoms with Crippen LogP contribution in [0.3, 0.4) is 0 Å². The number of nitrogens with zero attached hydrogens (tertiary/aromatic N) is 1. The van der Waals surface area contributed by atoms with E-state index in [0.29, 0.717) is 0 Å². The summed E-state index contributed by atoms with van der Waals surface area (Å²) >= 11 is 0. The monoisotopic (exact) mass is 214 g/mol. The second-order valence-corrected chi connectivity index (χ2v) is 2.65. The molecule has 1 rings (SSSR count). The molecule has 1 heterocycles. The summed E-state index contributed by atoms with van der Waals surface area (Å²) in [7, 11) is 0. The molecular formula is C9H14N2O4. The number of aromatic nitrogens is 1. The third-order valence-electron chi connectivity index (χ3n) is 1.55. The zero-order valence-corrected chi connectivity index (χ0v) is 8.08. The van der Waals surface area contributed by atoms with Crippen molar-refractivity contribution in [3.05, 3.63) is 30.1 Å². The van der Waals surface area contributed by atoms with Gasteiger partial charge in [0.25, 0.3) is 0 Å². The molecule has 6 nitrogen and oxygen atoms in total. The topological polar surface area (TPSA) is 117 Å². The van der Waals surface area contributed by atoms with Gasteiger partial charge in [0.2, 0.25) is 0 Å². The van der Waals surface area contributed by atoms with Crippen molar-refractivity contribution in [1.82, 2.24) is 4.98 Å². The van der Waals surface area contributed by atoms with E-state index in [9.17, 15) is 0 Å². The van der Waals surface area contributed by atoms with Gasteiger partial charge in [0.05, 0.1) is 13.2 Å².